The van der Waals surface area contributed by atoms with Gasteiger partial charge in [0, 0.05) is 12.6 Å². The van der Waals surface area contributed by atoms with Crippen LogP contribution in [0.25, 0.3) is 0 Å². The van der Waals surface area contributed by atoms with Crippen molar-refractivity contribution in [2.45, 2.75) is 0 Å². The zero-order chi connectivity index (χ0) is 10.8. The monoisotopic (exact) mass is 208 g/mol. The number of nitrogens with two attached hydrogens (primary N) is 1. The molecular weight excluding hydrogens is 196 g/mol. The van der Waals surface area contributed by atoms with Crippen molar-refractivity contribution in [3.63, 3.8) is 0 Å². The van der Waals surface area contributed by atoms with E-state index in [1.807, 2.05) is 17.2 Å². The Labute approximate surface area is 85.9 Å². The van der Waals surface area contributed by atoms with Gasteiger partial charge in [-0.1, -0.05) is 0 Å². The molecule has 7 nitrogen and oxygen atoms in total. The number of nitrogen functional groups attached to an aromatic ring is 1. The van der Waals surface area contributed by atoms with E-state index >= 15 is 0 Å². The lowest BCUT2D eigenvalue weighted by Crippen LogP contribution is -2.37. The van der Waals surface area contributed by atoms with Gasteiger partial charge >= 0.3 is 0 Å². The number of hydrogen-bond acceptors (Lipinski definition) is 6. The lowest BCUT2D eigenvalue weighted by molar-refractivity contribution is 0.174. The predicted molar refractivity (Wildman–Crippen MR) is 54.2 cm³/mol. The largest absolute Gasteiger partial charge is 0.423 e. The summed E-state index contributed by atoms with van der Waals surface area (Å²) in [5.74, 6) is 0.478. The van der Waals surface area contributed by atoms with Gasteiger partial charge in [-0.05, 0) is 12.3 Å². The van der Waals surface area contributed by atoms with E-state index in [1.54, 1.807) is 0 Å². The molecule has 2 heterocycles. The zero-order valence-electron chi connectivity index (χ0n) is 8.01. The molecule has 0 bridgehead atoms. The Kier molecular flexibility index (Phi) is 2.20. The van der Waals surface area contributed by atoms with Crippen LogP contribution in [0.3, 0.4) is 0 Å². The zero-order valence-corrected chi connectivity index (χ0v) is 8.01. The molecule has 1 aromatic rings. The molecule has 1 aliphatic heterocycles. The van der Waals surface area contributed by atoms with Gasteiger partial charge in [0.1, 0.15) is 5.82 Å². The number of nitrogens with one attached hydrogen (secondary N) is 2. The maximum Gasteiger partial charge on any atom is 0.238 e. The number of aromatic nitrogens is 2. The number of anilines is 2. The van der Waals surface area contributed by atoms with Crippen LogP contribution in [0.15, 0.2) is 18.3 Å². The average molecular weight is 208 g/mol. The Morgan fingerprint density at radius 3 is 3.00 bits per heavy atom. The smallest absolute Gasteiger partial charge is 0.238 e. The highest BCUT2D eigenvalue weighted by Crippen LogP contribution is 2.09. The first-order valence-electron chi connectivity index (χ1n) is 4.45. The molecule has 7 heteroatoms. The van der Waals surface area contributed by atoms with Gasteiger partial charge in [-0.25, -0.2) is 0 Å². The van der Waals surface area contributed by atoms with Crippen LogP contribution >= 0.6 is 0 Å². The van der Waals surface area contributed by atoms with E-state index in [0.29, 0.717) is 23.8 Å². The van der Waals surface area contributed by atoms with Gasteiger partial charge in [0.25, 0.3) is 0 Å². The normalized spacial score (nSPS) is 15.1. The van der Waals surface area contributed by atoms with Crippen molar-refractivity contribution >= 4 is 11.8 Å². The average Bonchev–Trinajstić information content (AvgIpc) is 2.26. The summed E-state index contributed by atoms with van der Waals surface area (Å²) in [5, 5.41) is 19.7. The van der Waals surface area contributed by atoms with Crippen LogP contribution in [0, 0.1) is 5.41 Å². The molecule has 0 amide bonds. The predicted octanol–water partition coefficient (Wildman–Crippen LogP) is -0.937. The van der Waals surface area contributed by atoms with E-state index in [9.17, 15) is 5.21 Å². The minimum Gasteiger partial charge on any atom is -0.423 e. The quantitative estimate of drug-likeness (QED) is 0.446. The van der Waals surface area contributed by atoms with E-state index in [0.717, 1.165) is 0 Å². The van der Waals surface area contributed by atoms with Crippen LogP contribution in [0.5, 0.6) is 0 Å². The van der Waals surface area contributed by atoms with E-state index in [2.05, 4.69) is 10.3 Å². The third-order valence-electron chi connectivity index (χ3n) is 2.11. The van der Waals surface area contributed by atoms with Gasteiger partial charge in [0.15, 0.2) is 5.49 Å². The maximum absolute atomic E-state index is 9.22. The second-order valence-electron chi connectivity index (χ2n) is 3.16. The molecule has 0 unspecified atom stereocenters. The van der Waals surface area contributed by atoms with Gasteiger partial charge in [0.05, 0.1) is 6.67 Å². The van der Waals surface area contributed by atoms with Crippen molar-refractivity contribution in [1.29, 1.82) is 5.41 Å². The molecule has 15 heavy (non-hydrogen) atoms. The number of hydrogen-bond donors (Lipinski definition) is 4. The van der Waals surface area contributed by atoms with Gasteiger partial charge in [-0.3, -0.25) is 5.41 Å². The first-order valence-corrected chi connectivity index (χ1v) is 4.45. The topological polar surface area (TPSA) is 103 Å². The third-order valence-corrected chi connectivity index (χ3v) is 2.11. The van der Waals surface area contributed by atoms with Crippen molar-refractivity contribution in [2.75, 3.05) is 23.8 Å². The molecule has 1 aromatic heterocycles. The van der Waals surface area contributed by atoms with Crippen LogP contribution in [0.4, 0.5) is 11.8 Å². The minimum absolute atomic E-state index is 0.0907. The summed E-state index contributed by atoms with van der Waals surface area (Å²) in [6.45, 7) is 1.31. The Morgan fingerprint density at radius 1 is 1.60 bits per heavy atom. The van der Waals surface area contributed by atoms with E-state index < -0.39 is 0 Å². The summed E-state index contributed by atoms with van der Waals surface area (Å²) in [5.41, 5.74) is 5.35. The Bertz CT molecular complexity index is 451. The molecule has 1 aliphatic rings. The summed E-state index contributed by atoms with van der Waals surface area (Å²) in [7, 11) is 0. The van der Waals surface area contributed by atoms with Crippen molar-refractivity contribution < 1.29 is 5.21 Å². The number of rotatable bonds is 1. The highest BCUT2D eigenvalue weighted by molar-refractivity contribution is 5.42. The lowest BCUT2D eigenvalue weighted by atomic mass is 10.4. The van der Waals surface area contributed by atoms with Crippen molar-refractivity contribution in [1.82, 2.24) is 15.0 Å². The SMILES string of the molecule is N=c1cc(N2CC=CNC2)nc(N)n1O. The summed E-state index contributed by atoms with van der Waals surface area (Å²) in [4.78, 5) is 5.88. The molecule has 0 saturated heterocycles. The van der Waals surface area contributed by atoms with Gasteiger partial charge in [-0.2, -0.15) is 4.98 Å². The number of nitrogens with zero attached hydrogens (tertiary/aromatic N) is 3. The van der Waals surface area contributed by atoms with Crippen LogP contribution in [0.2, 0.25) is 0 Å². The fourth-order valence-electron chi connectivity index (χ4n) is 1.33. The third kappa shape index (κ3) is 1.71. The highest BCUT2D eigenvalue weighted by Gasteiger charge is 2.10. The van der Waals surface area contributed by atoms with Crippen LogP contribution in [-0.2, 0) is 0 Å². The Balaban J connectivity index is 2.37. The fraction of sp³-hybridized carbons (Fsp3) is 0.250. The molecule has 0 aromatic carbocycles. The summed E-state index contributed by atoms with van der Waals surface area (Å²) in [6.07, 6.45) is 3.79. The summed E-state index contributed by atoms with van der Waals surface area (Å²) < 4.78 is 0.538. The fourth-order valence-corrected chi connectivity index (χ4v) is 1.33. The molecule has 80 valence electrons. The van der Waals surface area contributed by atoms with Gasteiger partial charge < -0.3 is 21.2 Å². The van der Waals surface area contributed by atoms with E-state index in [1.165, 1.54) is 6.07 Å². The maximum atomic E-state index is 9.22. The van der Waals surface area contributed by atoms with E-state index in [4.69, 9.17) is 11.1 Å². The van der Waals surface area contributed by atoms with Gasteiger partial charge in [-0.15, -0.1) is 4.73 Å². The second-order valence-corrected chi connectivity index (χ2v) is 3.16. The van der Waals surface area contributed by atoms with Crippen molar-refractivity contribution in [2.24, 2.45) is 0 Å². The highest BCUT2D eigenvalue weighted by atomic mass is 16.5. The van der Waals surface area contributed by atoms with Crippen LogP contribution in [0.1, 0.15) is 0 Å². The molecular formula is C8H12N6O. The van der Waals surface area contributed by atoms with Crippen LogP contribution < -0.4 is 21.4 Å². The Hall–Kier alpha value is -2.18. The standard InChI is InChI=1S/C8H12N6O/c9-6-4-7(12-8(10)14(6)15)13-3-1-2-11-5-13/h1-2,4,9,11,15H,3,5H2,(H2,10,12). The molecule has 0 spiro atoms. The molecule has 0 radical (unpaired) electrons. The van der Waals surface area contributed by atoms with Crippen molar-refractivity contribution in [3.8, 4) is 0 Å². The molecule has 2 rings (SSSR count). The van der Waals surface area contributed by atoms with Crippen molar-refractivity contribution in [3.05, 3.63) is 23.8 Å². The minimum atomic E-state index is -0.0907. The molecule has 0 atom stereocenters. The Morgan fingerprint density at radius 2 is 2.40 bits per heavy atom. The van der Waals surface area contributed by atoms with E-state index in [-0.39, 0.29) is 11.4 Å². The summed E-state index contributed by atoms with van der Waals surface area (Å²) >= 11 is 0. The van der Waals surface area contributed by atoms with Crippen LogP contribution in [-0.4, -0.2) is 28.1 Å². The first-order chi connectivity index (χ1) is 7.18. The van der Waals surface area contributed by atoms with Gasteiger partial charge in [0.2, 0.25) is 5.95 Å². The second kappa shape index (κ2) is 3.52. The first kappa shape index (κ1) is 9.38. The lowest BCUT2D eigenvalue weighted by Gasteiger charge is -2.25. The molecule has 0 aliphatic carbocycles. The molecule has 0 fully saturated rings. The summed E-state index contributed by atoms with van der Waals surface area (Å²) in [6, 6.07) is 1.46. The molecule has 5 N–H and O–H groups in total. The molecule has 0 saturated carbocycles.